The molecule has 1 aliphatic heterocycles. The van der Waals surface area contributed by atoms with Gasteiger partial charge >= 0.3 is 0 Å². The third kappa shape index (κ3) is 4.03. The highest BCUT2D eigenvalue weighted by Crippen LogP contribution is 2.17. The van der Waals surface area contributed by atoms with E-state index in [1.165, 1.54) is 0 Å². The van der Waals surface area contributed by atoms with E-state index in [1.807, 2.05) is 24.3 Å². The average Bonchev–Trinajstić information content (AvgIpc) is 2.93. The summed E-state index contributed by atoms with van der Waals surface area (Å²) in [5.41, 5.74) is 7.38. The Morgan fingerprint density at radius 2 is 2.15 bits per heavy atom. The van der Waals surface area contributed by atoms with Crippen molar-refractivity contribution < 1.29 is 9.90 Å². The first-order chi connectivity index (χ1) is 9.72. The molecule has 5 heteroatoms. The van der Waals surface area contributed by atoms with Gasteiger partial charge in [0.05, 0.1) is 6.61 Å². The monoisotopic (exact) mass is 277 g/mol. The lowest BCUT2D eigenvalue weighted by Gasteiger charge is -2.22. The molecule has 5 nitrogen and oxygen atoms in total. The van der Waals surface area contributed by atoms with Gasteiger partial charge in [0.15, 0.2) is 0 Å². The Bertz CT molecular complexity index is 433. The number of anilines is 1. The molecule has 4 N–H and O–H groups in total. The number of aliphatic hydroxyl groups is 1. The smallest absolute Gasteiger partial charge is 0.225 e. The number of aliphatic hydroxyl groups excluding tert-OH is 1. The van der Waals surface area contributed by atoms with Gasteiger partial charge in [-0.15, -0.1) is 0 Å². The summed E-state index contributed by atoms with van der Waals surface area (Å²) in [4.78, 5) is 14.1. The minimum Gasteiger partial charge on any atom is -0.395 e. The number of rotatable bonds is 6. The second kappa shape index (κ2) is 7.38. The Morgan fingerprint density at radius 1 is 1.40 bits per heavy atom. The van der Waals surface area contributed by atoms with Crippen LogP contribution in [0.2, 0.25) is 0 Å². The van der Waals surface area contributed by atoms with E-state index >= 15 is 0 Å². The molecule has 110 valence electrons. The van der Waals surface area contributed by atoms with Crippen LogP contribution in [0.1, 0.15) is 24.8 Å². The van der Waals surface area contributed by atoms with Gasteiger partial charge in [0, 0.05) is 31.2 Å². The molecule has 1 amide bonds. The molecule has 1 atom stereocenters. The van der Waals surface area contributed by atoms with E-state index in [1.54, 1.807) is 0 Å². The van der Waals surface area contributed by atoms with Gasteiger partial charge in [-0.3, -0.25) is 9.69 Å². The van der Waals surface area contributed by atoms with E-state index in [9.17, 15) is 9.90 Å². The quantitative estimate of drug-likeness (QED) is 0.723. The van der Waals surface area contributed by atoms with Crippen LogP contribution in [0.5, 0.6) is 0 Å². The zero-order valence-electron chi connectivity index (χ0n) is 11.7. The topological polar surface area (TPSA) is 78.6 Å². The summed E-state index contributed by atoms with van der Waals surface area (Å²) in [5.74, 6) is 0.00842. The Balaban J connectivity index is 1.77. The molecule has 1 aromatic carbocycles. The van der Waals surface area contributed by atoms with Crippen LogP contribution >= 0.6 is 0 Å². The number of benzene rings is 1. The van der Waals surface area contributed by atoms with Crippen molar-refractivity contribution in [3.63, 3.8) is 0 Å². The Kier molecular flexibility index (Phi) is 5.52. The van der Waals surface area contributed by atoms with Crippen molar-refractivity contribution in [2.45, 2.75) is 31.8 Å². The molecule has 20 heavy (non-hydrogen) atoms. The van der Waals surface area contributed by atoms with Crippen molar-refractivity contribution >= 4 is 11.6 Å². The SMILES string of the molecule is NCc1ccc(NC(=O)CCN2CCCC2CO)cc1. The highest BCUT2D eigenvalue weighted by Gasteiger charge is 2.23. The third-order valence-corrected chi connectivity index (χ3v) is 3.81. The van der Waals surface area contributed by atoms with E-state index < -0.39 is 0 Å². The van der Waals surface area contributed by atoms with E-state index in [2.05, 4.69) is 10.2 Å². The minimum absolute atomic E-state index is 0.00842. The number of hydrogen-bond donors (Lipinski definition) is 3. The third-order valence-electron chi connectivity index (χ3n) is 3.81. The summed E-state index contributed by atoms with van der Waals surface area (Å²) in [6.45, 7) is 2.37. The van der Waals surface area contributed by atoms with Crippen LogP contribution in [0.25, 0.3) is 0 Å². The average molecular weight is 277 g/mol. The van der Waals surface area contributed by atoms with Gasteiger partial charge < -0.3 is 16.2 Å². The van der Waals surface area contributed by atoms with Crippen molar-refractivity contribution in [1.82, 2.24) is 4.90 Å². The van der Waals surface area contributed by atoms with Gasteiger partial charge in [0.25, 0.3) is 0 Å². The lowest BCUT2D eigenvalue weighted by atomic mass is 10.2. The Morgan fingerprint density at radius 3 is 2.80 bits per heavy atom. The molecule has 1 aliphatic rings. The van der Waals surface area contributed by atoms with Gasteiger partial charge in [-0.1, -0.05) is 12.1 Å². The van der Waals surface area contributed by atoms with Crippen LogP contribution in [0.15, 0.2) is 24.3 Å². The van der Waals surface area contributed by atoms with Gasteiger partial charge in [-0.2, -0.15) is 0 Å². The Hall–Kier alpha value is -1.43. The van der Waals surface area contributed by atoms with Crippen molar-refractivity contribution in [1.29, 1.82) is 0 Å². The van der Waals surface area contributed by atoms with Crippen LogP contribution in [0.4, 0.5) is 5.69 Å². The number of nitrogens with two attached hydrogens (primary N) is 1. The molecule has 0 spiro atoms. The van der Waals surface area contributed by atoms with E-state index in [0.717, 1.165) is 30.6 Å². The zero-order valence-corrected chi connectivity index (χ0v) is 11.7. The summed E-state index contributed by atoms with van der Waals surface area (Å²) >= 11 is 0. The first kappa shape index (κ1) is 15.0. The molecule has 0 aliphatic carbocycles. The van der Waals surface area contributed by atoms with Crippen LogP contribution in [0.3, 0.4) is 0 Å². The second-order valence-corrected chi connectivity index (χ2v) is 5.21. The van der Waals surface area contributed by atoms with Gasteiger partial charge in [-0.05, 0) is 37.1 Å². The maximum absolute atomic E-state index is 11.9. The van der Waals surface area contributed by atoms with Crippen molar-refractivity contribution in [3.8, 4) is 0 Å². The van der Waals surface area contributed by atoms with Crippen molar-refractivity contribution in [3.05, 3.63) is 29.8 Å². The number of amides is 1. The molecule has 1 aromatic rings. The summed E-state index contributed by atoms with van der Waals surface area (Å²) < 4.78 is 0. The normalized spacial score (nSPS) is 19.2. The van der Waals surface area contributed by atoms with Crippen molar-refractivity contribution in [2.75, 3.05) is 25.0 Å². The highest BCUT2D eigenvalue weighted by molar-refractivity contribution is 5.90. The molecule has 0 bridgehead atoms. The largest absolute Gasteiger partial charge is 0.395 e. The number of likely N-dealkylation sites (tertiary alicyclic amines) is 1. The molecule has 1 unspecified atom stereocenters. The minimum atomic E-state index is 0.00842. The maximum Gasteiger partial charge on any atom is 0.225 e. The van der Waals surface area contributed by atoms with E-state index in [-0.39, 0.29) is 18.6 Å². The Labute approximate surface area is 119 Å². The van der Waals surface area contributed by atoms with E-state index in [4.69, 9.17) is 5.73 Å². The number of carbonyl (C=O) groups is 1. The van der Waals surface area contributed by atoms with Crippen LogP contribution in [-0.2, 0) is 11.3 Å². The first-order valence-corrected chi connectivity index (χ1v) is 7.16. The summed E-state index contributed by atoms with van der Waals surface area (Å²) in [5, 5.41) is 12.1. The van der Waals surface area contributed by atoms with E-state index in [0.29, 0.717) is 19.5 Å². The number of carbonyl (C=O) groups excluding carboxylic acids is 1. The van der Waals surface area contributed by atoms with Crippen LogP contribution < -0.4 is 11.1 Å². The molecular weight excluding hydrogens is 254 g/mol. The number of hydrogen-bond acceptors (Lipinski definition) is 4. The van der Waals surface area contributed by atoms with Gasteiger partial charge in [0.2, 0.25) is 5.91 Å². The summed E-state index contributed by atoms with van der Waals surface area (Å²) in [6.07, 6.45) is 2.58. The number of nitrogens with zero attached hydrogens (tertiary/aromatic N) is 1. The predicted octanol–water partition coefficient (Wildman–Crippen LogP) is 0.931. The fourth-order valence-electron chi connectivity index (χ4n) is 2.59. The lowest BCUT2D eigenvalue weighted by molar-refractivity contribution is -0.116. The molecule has 0 aromatic heterocycles. The molecule has 0 radical (unpaired) electrons. The summed E-state index contributed by atoms with van der Waals surface area (Å²) in [7, 11) is 0. The molecule has 2 rings (SSSR count). The molecule has 1 fully saturated rings. The fourth-order valence-corrected chi connectivity index (χ4v) is 2.59. The second-order valence-electron chi connectivity index (χ2n) is 5.21. The standard InChI is InChI=1S/C15H23N3O2/c16-10-12-3-5-13(6-4-12)17-15(20)7-9-18-8-1-2-14(18)11-19/h3-6,14,19H,1-2,7-11,16H2,(H,17,20). The van der Waals surface area contributed by atoms with Crippen molar-refractivity contribution in [2.24, 2.45) is 5.73 Å². The molecule has 1 heterocycles. The van der Waals surface area contributed by atoms with Gasteiger partial charge in [-0.25, -0.2) is 0 Å². The molecule has 0 saturated carbocycles. The predicted molar refractivity (Wildman–Crippen MR) is 79.3 cm³/mol. The number of nitrogens with one attached hydrogen (secondary N) is 1. The molecular formula is C15H23N3O2. The van der Waals surface area contributed by atoms with Crippen LogP contribution in [-0.4, -0.2) is 41.7 Å². The van der Waals surface area contributed by atoms with Gasteiger partial charge in [0.1, 0.15) is 0 Å². The zero-order chi connectivity index (χ0) is 14.4. The fraction of sp³-hybridized carbons (Fsp3) is 0.533. The first-order valence-electron chi connectivity index (χ1n) is 7.16. The summed E-state index contributed by atoms with van der Waals surface area (Å²) in [6, 6.07) is 7.79. The van der Waals surface area contributed by atoms with Crippen LogP contribution in [0, 0.1) is 0 Å². The molecule has 1 saturated heterocycles. The maximum atomic E-state index is 11.9. The highest BCUT2D eigenvalue weighted by atomic mass is 16.3. The lowest BCUT2D eigenvalue weighted by Crippen LogP contribution is -2.34.